The lowest BCUT2D eigenvalue weighted by Gasteiger charge is -2.22. The Labute approximate surface area is 233 Å². The standard InChI is InChI=1S/C31H33N3O4S/c1-2-3-15-32-31(35)27-21-39-30(33-27)19-34(18-25-11-14-28-29(16-25)38-22-37-28)17-23-9-12-26(13-10-23)36-20-24-7-5-4-6-8-24/h4-14,16,21H,2-3,15,17-20,22H2,1H3,(H,32,35). The molecule has 0 saturated carbocycles. The number of aromatic nitrogens is 1. The number of rotatable bonds is 13. The first-order valence-electron chi connectivity index (χ1n) is 13.3. The number of carbonyl (C=O) groups is 1. The van der Waals surface area contributed by atoms with Gasteiger partial charge in [-0.1, -0.05) is 61.9 Å². The second-order valence-corrected chi connectivity index (χ2v) is 10.4. The normalized spacial score (nSPS) is 12.1. The Kier molecular flexibility index (Phi) is 9.09. The largest absolute Gasteiger partial charge is 0.489 e. The molecular formula is C31H33N3O4S. The minimum Gasteiger partial charge on any atom is -0.489 e. The van der Waals surface area contributed by atoms with Crippen LogP contribution in [0.2, 0.25) is 0 Å². The van der Waals surface area contributed by atoms with Crippen molar-refractivity contribution in [1.29, 1.82) is 0 Å². The van der Waals surface area contributed by atoms with E-state index < -0.39 is 0 Å². The summed E-state index contributed by atoms with van der Waals surface area (Å²) in [7, 11) is 0. The van der Waals surface area contributed by atoms with Crippen molar-refractivity contribution in [3.8, 4) is 17.2 Å². The number of thiazole rings is 1. The van der Waals surface area contributed by atoms with Crippen molar-refractivity contribution in [3.05, 3.63) is 106 Å². The predicted molar refractivity (Wildman–Crippen MR) is 152 cm³/mol. The maximum atomic E-state index is 12.5. The number of carbonyl (C=O) groups excluding carboxylic acids is 1. The van der Waals surface area contributed by atoms with Crippen molar-refractivity contribution in [2.75, 3.05) is 13.3 Å². The minimum atomic E-state index is -0.112. The van der Waals surface area contributed by atoms with Gasteiger partial charge in [-0.3, -0.25) is 9.69 Å². The van der Waals surface area contributed by atoms with E-state index in [9.17, 15) is 4.79 Å². The van der Waals surface area contributed by atoms with Crippen molar-refractivity contribution in [3.63, 3.8) is 0 Å². The van der Waals surface area contributed by atoms with Gasteiger partial charge in [0.1, 0.15) is 23.1 Å². The van der Waals surface area contributed by atoms with E-state index in [1.54, 1.807) is 0 Å². The molecule has 0 bridgehead atoms. The van der Waals surface area contributed by atoms with Crippen molar-refractivity contribution >= 4 is 17.2 Å². The molecule has 0 unspecified atom stereocenters. The molecule has 3 aromatic carbocycles. The molecule has 2 heterocycles. The van der Waals surface area contributed by atoms with E-state index in [-0.39, 0.29) is 12.7 Å². The molecule has 1 amide bonds. The van der Waals surface area contributed by atoms with Crippen LogP contribution in [-0.2, 0) is 26.2 Å². The van der Waals surface area contributed by atoms with E-state index in [1.165, 1.54) is 11.3 Å². The molecule has 1 aliphatic rings. The molecule has 5 rings (SSSR count). The number of benzene rings is 3. The van der Waals surface area contributed by atoms with Gasteiger partial charge in [-0.25, -0.2) is 4.98 Å². The average molecular weight is 544 g/mol. The fourth-order valence-corrected chi connectivity index (χ4v) is 5.12. The molecule has 7 nitrogen and oxygen atoms in total. The number of fused-ring (bicyclic) bond motifs is 1. The predicted octanol–water partition coefficient (Wildman–Crippen LogP) is 6.18. The number of nitrogens with one attached hydrogen (secondary N) is 1. The average Bonchev–Trinajstić information content (AvgIpc) is 3.63. The number of nitrogens with zero attached hydrogens (tertiary/aromatic N) is 2. The SMILES string of the molecule is CCCCNC(=O)c1csc(CN(Cc2ccc(OCc3ccccc3)cc2)Cc2ccc3c(c2)OCO3)n1. The molecule has 202 valence electrons. The molecule has 8 heteroatoms. The summed E-state index contributed by atoms with van der Waals surface area (Å²) in [6.45, 7) is 5.59. The lowest BCUT2D eigenvalue weighted by molar-refractivity contribution is 0.0948. The Bertz CT molecular complexity index is 1360. The Hall–Kier alpha value is -3.88. The molecule has 4 aromatic rings. The first-order chi connectivity index (χ1) is 19.2. The van der Waals surface area contributed by atoms with Gasteiger partial charge in [0.25, 0.3) is 5.91 Å². The monoisotopic (exact) mass is 543 g/mol. The maximum absolute atomic E-state index is 12.5. The minimum absolute atomic E-state index is 0.112. The van der Waals surface area contributed by atoms with Crippen LogP contribution in [0.15, 0.2) is 78.2 Å². The lowest BCUT2D eigenvalue weighted by atomic mass is 10.1. The first-order valence-corrected chi connectivity index (χ1v) is 14.1. The fraction of sp³-hybridized carbons (Fsp3) is 0.290. The first kappa shape index (κ1) is 26.7. The molecule has 1 aromatic heterocycles. The van der Waals surface area contributed by atoms with Gasteiger partial charge in [0.2, 0.25) is 6.79 Å². The summed E-state index contributed by atoms with van der Waals surface area (Å²) in [6, 6.07) is 24.4. The lowest BCUT2D eigenvalue weighted by Crippen LogP contribution is -2.25. The van der Waals surface area contributed by atoms with Crippen molar-refractivity contribution in [2.24, 2.45) is 0 Å². The third-order valence-electron chi connectivity index (χ3n) is 6.38. The summed E-state index contributed by atoms with van der Waals surface area (Å²) >= 11 is 1.52. The zero-order valence-corrected chi connectivity index (χ0v) is 22.9. The Morgan fingerprint density at radius 3 is 2.54 bits per heavy atom. The molecule has 0 fully saturated rings. The van der Waals surface area contributed by atoms with Gasteiger partial charge in [-0.15, -0.1) is 11.3 Å². The maximum Gasteiger partial charge on any atom is 0.270 e. The van der Waals surface area contributed by atoms with Crippen LogP contribution < -0.4 is 19.5 Å². The van der Waals surface area contributed by atoms with E-state index in [2.05, 4.69) is 52.5 Å². The third kappa shape index (κ3) is 7.59. The van der Waals surface area contributed by atoms with Crippen LogP contribution in [0.1, 0.15) is 52.0 Å². The second-order valence-electron chi connectivity index (χ2n) is 9.49. The molecule has 0 aliphatic carbocycles. The molecule has 0 saturated heterocycles. The fourth-order valence-electron chi connectivity index (χ4n) is 4.30. The van der Waals surface area contributed by atoms with Crippen LogP contribution in [0.3, 0.4) is 0 Å². The quantitative estimate of drug-likeness (QED) is 0.203. The van der Waals surface area contributed by atoms with Crippen LogP contribution in [-0.4, -0.2) is 29.1 Å². The van der Waals surface area contributed by atoms with Crippen LogP contribution in [0, 0.1) is 0 Å². The van der Waals surface area contributed by atoms with Gasteiger partial charge in [0.05, 0.1) is 6.54 Å². The number of ether oxygens (including phenoxy) is 3. The van der Waals surface area contributed by atoms with Crippen molar-refractivity contribution in [2.45, 2.75) is 46.0 Å². The molecular weight excluding hydrogens is 510 g/mol. The topological polar surface area (TPSA) is 72.9 Å². The van der Waals surface area contributed by atoms with E-state index in [4.69, 9.17) is 14.2 Å². The molecule has 1 N–H and O–H groups in total. The third-order valence-corrected chi connectivity index (χ3v) is 7.21. The highest BCUT2D eigenvalue weighted by molar-refractivity contribution is 7.09. The Balaban J connectivity index is 1.26. The summed E-state index contributed by atoms with van der Waals surface area (Å²) < 4.78 is 17.0. The van der Waals surface area contributed by atoms with Crippen molar-refractivity contribution in [1.82, 2.24) is 15.2 Å². The second kappa shape index (κ2) is 13.3. The van der Waals surface area contributed by atoms with E-state index in [1.807, 2.05) is 47.8 Å². The van der Waals surface area contributed by atoms with E-state index >= 15 is 0 Å². The van der Waals surface area contributed by atoms with Gasteiger partial charge in [0, 0.05) is 25.0 Å². The highest BCUT2D eigenvalue weighted by Gasteiger charge is 2.17. The molecule has 0 radical (unpaired) electrons. The zero-order chi connectivity index (χ0) is 26.9. The van der Waals surface area contributed by atoms with Crippen LogP contribution in [0.5, 0.6) is 17.2 Å². The summed E-state index contributed by atoms with van der Waals surface area (Å²) in [6.07, 6.45) is 2.00. The summed E-state index contributed by atoms with van der Waals surface area (Å²) in [5.41, 5.74) is 3.90. The Morgan fingerprint density at radius 2 is 1.72 bits per heavy atom. The van der Waals surface area contributed by atoms with Crippen LogP contribution in [0.4, 0.5) is 0 Å². The van der Waals surface area contributed by atoms with Gasteiger partial charge in [-0.05, 0) is 47.4 Å². The van der Waals surface area contributed by atoms with Gasteiger partial charge in [0.15, 0.2) is 11.5 Å². The molecule has 39 heavy (non-hydrogen) atoms. The van der Waals surface area contributed by atoms with E-state index in [0.29, 0.717) is 38.5 Å². The van der Waals surface area contributed by atoms with Gasteiger partial charge in [-0.2, -0.15) is 0 Å². The summed E-state index contributed by atoms with van der Waals surface area (Å²) in [4.78, 5) is 19.4. The van der Waals surface area contributed by atoms with E-state index in [0.717, 1.165) is 51.8 Å². The highest BCUT2D eigenvalue weighted by atomic mass is 32.1. The number of unbranched alkanes of at least 4 members (excludes halogenated alkanes) is 1. The number of amides is 1. The summed E-state index contributed by atoms with van der Waals surface area (Å²) in [5, 5.41) is 5.69. The van der Waals surface area contributed by atoms with Crippen LogP contribution >= 0.6 is 11.3 Å². The summed E-state index contributed by atoms with van der Waals surface area (Å²) in [5.74, 6) is 2.27. The van der Waals surface area contributed by atoms with Crippen molar-refractivity contribution < 1.29 is 19.0 Å². The molecule has 0 atom stereocenters. The highest BCUT2D eigenvalue weighted by Crippen LogP contribution is 2.33. The molecule has 0 spiro atoms. The number of hydrogen-bond donors (Lipinski definition) is 1. The Morgan fingerprint density at radius 1 is 0.949 bits per heavy atom. The van der Waals surface area contributed by atoms with Gasteiger partial charge >= 0.3 is 0 Å². The van der Waals surface area contributed by atoms with Gasteiger partial charge < -0.3 is 19.5 Å². The molecule has 1 aliphatic heterocycles. The zero-order valence-electron chi connectivity index (χ0n) is 22.1. The van der Waals surface area contributed by atoms with Crippen LogP contribution in [0.25, 0.3) is 0 Å². The smallest absolute Gasteiger partial charge is 0.270 e. The number of hydrogen-bond acceptors (Lipinski definition) is 7.